The van der Waals surface area contributed by atoms with E-state index in [0.29, 0.717) is 41.0 Å². The van der Waals surface area contributed by atoms with Gasteiger partial charge in [-0.3, -0.25) is 0 Å². The zero-order chi connectivity index (χ0) is 21.8. The lowest BCUT2D eigenvalue weighted by Crippen LogP contribution is -2.01. The van der Waals surface area contributed by atoms with Crippen molar-refractivity contribution in [2.24, 2.45) is 10.2 Å². The van der Waals surface area contributed by atoms with Crippen molar-refractivity contribution in [3.63, 3.8) is 0 Å². The Labute approximate surface area is 185 Å². The van der Waals surface area contributed by atoms with Gasteiger partial charge in [0.2, 0.25) is 5.88 Å². The Morgan fingerprint density at radius 3 is 2.48 bits per heavy atom. The van der Waals surface area contributed by atoms with Crippen molar-refractivity contribution >= 4 is 33.9 Å². The molecule has 0 aliphatic rings. The van der Waals surface area contributed by atoms with E-state index in [1.807, 2.05) is 49.4 Å². The van der Waals surface area contributed by atoms with Crippen LogP contribution < -0.4 is 9.47 Å². The maximum Gasteiger partial charge on any atom is 0.221 e. The van der Waals surface area contributed by atoms with Gasteiger partial charge in [0.25, 0.3) is 0 Å². The van der Waals surface area contributed by atoms with Crippen LogP contribution in [-0.2, 0) is 6.54 Å². The predicted octanol–water partition coefficient (Wildman–Crippen LogP) is 6.87. The van der Waals surface area contributed by atoms with Gasteiger partial charge >= 0.3 is 0 Å². The van der Waals surface area contributed by atoms with Gasteiger partial charge in [-0.15, -0.1) is 5.11 Å². The summed E-state index contributed by atoms with van der Waals surface area (Å²) in [5.74, 6) is 1.39. The monoisotopic (exact) mass is 435 g/mol. The normalized spacial score (nSPS) is 11.3. The van der Waals surface area contributed by atoms with Gasteiger partial charge in [-0.2, -0.15) is 5.11 Å². The van der Waals surface area contributed by atoms with E-state index in [1.54, 1.807) is 35.9 Å². The molecule has 6 nitrogen and oxygen atoms in total. The van der Waals surface area contributed by atoms with Crippen LogP contribution >= 0.6 is 11.6 Å². The van der Waals surface area contributed by atoms with Gasteiger partial charge in [0.15, 0.2) is 17.2 Å². The zero-order valence-corrected chi connectivity index (χ0v) is 18.0. The Morgan fingerprint density at radius 1 is 0.968 bits per heavy atom. The number of ether oxygens (including phenoxy) is 2. The minimum absolute atomic E-state index is 0.0479. The Hall–Kier alpha value is -3.51. The smallest absolute Gasteiger partial charge is 0.221 e. The molecular formula is C24H22ClN3O3. The Bertz CT molecular complexity index is 1230. The number of rotatable bonds is 7. The van der Waals surface area contributed by atoms with Crippen LogP contribution in [0.4, 0.5) is 11.4 Å². The van der Waals surface area contributed by atoms with E-state index >= 15 is 0 Å². The maximum absolute atomic E-state index is 11.0. The molecule has 1 aromatic heterocycles. The predicted molar refractivity (Wildman–Crippen MR) is 122 cm³/mol. The number of benzene rings is 3. The average Bonchev–Trinajstić information content (AvgIpc) is 3.05. The van der Waals surface area contributed by atoms with Crippen LogP contribution in [0.15, 0.2) is 77.0 Å². The number of nitrogens with zero attached hydrogens (tertiary/aromatic N) is 3. The zero-order valence-electron chi connectivity index (χ0n) is 17.2. The molecule has 0 amide bonds. The largest absolute Gasteiger partial charge is 0.493 e. The van der Waals surface area contributed by atoms with Gasteiger partial charge in [0.05, 0.1) is 31.5 Å². The second-order valence-corrected chi connectivity index (χ2v) is 7.31. The first-order chi connectivity index (χ1) is 15.1. The molecule has 31 heavy (non-hydrogen) atoms. The van der Waals surface area contributed by atoms with E-state index < -0.39 is 0 Å². The number of hydrogen-bond donors (Lipinski definition) is 1. The third-order valence-electron chi connectivity index (χ3n) is 4.88. The van der Waals surface area contributed by atoms with Crippen LogP contribution in [-0.4, -0.2) is 23.4 Å². The molecule has 1 N–H and O–H groups in total. The van der Waals surface area contributed by atoms with E-state index in [1.165, 1.54) is 0 Å². The van der Waals surface area contributed by atoms with Crippen molar-refractivity contribution in [3.05, 3.63) is 77.3 Å². The first kappa shape index (κ1) is 20.8. The van der Waals surface area contributed by atoms with E-state index in [-0.39, 0.29) is 5.88 Å². The van der Waals surface area contributed by atoms with Crippen molar-refractivity contribution in [2.45, 2.75) is 13.5 Å². The Balaban J connectivity index is 1.72. The third-order valence-corrected chi connectivity index (χ3v) is 5.13. The van der Waals surface area contributed by atoms with Crippen molar-refractivity contribution in [1.82, 2.24) is 4.57 Å². The summed E-state index contributed by atoms with van der Waals surface area (Å²) in [5, 5.41) is 21.0. The van der Waals surface area contributed by atoms with Crippen molar-refractivity contribution in [1.29, 1.82) is 0 Å². The molecule has 3 aromatic carbocycles. The standard InChI is InChI=1S/C24H22ClN3O3/c1-3-31-21-13-8-16(14-22(21)30-2)15-28-20-7-5-4-6-19(20)23(24(28)29)27-26-18-11-9-17(25)10-12-18/h4-14,29H,3,15H2,1-2H3. The van der Waals surface area contributed by atoms with Gasteiger partial charge in [0.1, 0.15) is 0 Å². The molecule has 0 radical (unpaired) electrons. The van der Waals surface area contributed by atoms with Crippen molar-refractivity contribution < 1.29 is 14.6 Å². The second kappa shape index (κ2) is 9.10. The van der Waals surface area contributed by atoms with Crippen LogP contribution in [0.5, 0.6) is 17.4 Å². The average molecular weight is 436 g/mol. The summed E-state index contributed by atoms with van der Waals surface area (Å²) >= 11 is 5.93. The van der Waals surface area contributed by atoms with Gasteiger partial charge in [-0.1, -0.05) is 35.9 Å². The molecule has 0 spiro atoms. The number of para-hydroxylation sites is 1. The molecule has 0 atom stereocenters. The summed E-state index contributed by atoms with van der Waals surface area (Å²) in [6.45, 7) is 2.92. The summed E-state index contributed by atoms with van der Waals surface area (Å²) in [7, 11) is 1.61. The third kappa shape index (κ3) is 4.34. The molecule has 0 unspecified atom stereocenters. The van der Waals surface area contributed by atoms with Gasteiger partial charge in [-0.05, 0) is 55.0 Å². The van der Waals surface area contributed by atoms with Crippen molar-refractivity contribution in [3.8, 4) is 17.4 Å². The topological polar surface area (TPSA) is 68.3 Å². The molecule has 0 saturated heterocycles. The molecule has 0 aliphatic heterocycles. The number of azo groups is 1. The van der Waals surface area contributed by atoms with Crippen LogP contribution in [0, 0.1) is 0 Å². The summed E-state index contributed by atoms with van der Waals surface area (Å²) in [4.78, 5) is 0. The molecule has 1 heterocycles. The second-order valence-electron chi connectivity index (χ2n) is 6.87. The molecule has 158 valence electrons. The molecule has 0 bridgehead atoms. The number of aromatic nitrogens is 1. The highest BCUT2D eigenvalue weighted by Gasteiger charge is 2.17. The lowest BCUT2D eigenvalue weighted by Gasteiger charge is -2.12. The molecule has 7 heteroatoms. The molecule has 4 aromatic rings. The van der Waals surface area contributed by atoms with E-state index in [2.05, 4.69) is 10.2 Å². The number of hydrogen-bond acceptors (Lipinski definition) is 5. The molecular weight excluding hydrogens is 414 g/mol. The van der Waals surface area contributed by atoms with Crippen LogP contribution in [0.25, 0.3) is 10.9 Å². The Morgan fingerprint density at radius 2 is 1.74 bits per heavy atom. The van der Waals surface area contributed by atoms with E-state index in [9.17, 15) is 5.11 Å². The summed E-state index contributed by atoms with van der Waals surface area (Å²) in [6.07, 6.45) is 0. The molecule has 0 aliphatic carbocycles. The first-order valence-corrected chi connectivity index (χ1v) is 10.3. The quantitative estimate of drug-likeness (QED) is 0.322. The van der Waals surface area contributed by atoms with Crippen molar-refractivity contribution in [2.75, 3.05) is 13.7 Å². The highest BCUT2D eigenvalue weighted by atomic mass is 35.5. The van der Waals surface area contributed by atoms with Crippen LogP contribution in [0.1, 0.15) is 12.5 Å². The van der Waals surface area contributed by atoms with Crippen LogP contribution in [0.2, 0.25) is 5.02 Å². The molecule has 0 fully saturated rings. The van der Waals surface area contributed by atoms with Gasteiger partial charge in [0, 0.05) is 10.4 Å². The SMILES string of the molecule is CCOc1ccc(Cn2c(O)c(N=Nc3ccc(Cl)cc3)c3ccccc32)cc1OC. The maximum atomic E-state index is 11.0. The van der Waals surface area contributed by atoms with E-state index in [0.717, 1.165) is 16.5 Å². The fourth-order valence-corrected chi connectivity index (χ4v) is 3.54. The highest BCUT2D eigenvalue weighted by molar-refractivity contribution is 6.30. The summed E-state index contributed by atoms with van der Waals surface area (Å²) in [6, 6.07) is 20.5. The molecule has 4 rings (SSSR count). The first-order valence-electron chi connectivity index (χ1n) is 9.88. The van der Waals surface area contributed by atoms with E-state index in [4.69, 9.17) is 21.1 Å². The number of methoxy groups -OCH3 is 1. The van der Waals surface area contributed by atoms with Gasteiger partial charge < -0.3 is 19.1 Å². The number of halogens is 1. The summed E-state index contributed by atoms with van der Waals surface area (Å²) < 4.78 is 12.9. The number of fused-ring (bicyclic) bond motifs is 1. The molecule has 0 saturated carbocycles. The highest BCUT2D eigenvalue weighted by Crippen LogP contribution is 2.40. The Kier molecular flexibility index (Phi) is 6.09. The fraction of sp³-hybridized carbons (Fsp3) is 0.167. The van der Waals surface area contributed by atoms with Crippen LogP contribution in [0.3, 0.4) is 0 Å². The summed E-state index contributed by atoms with van der Waals surface area (Å²) in [5.41, 5.74) is 2.88. The lowest BCUT2D eigenvalue weighted by molar-refractivity contribution is 0.310. The number of aromatic hydroxyl groups is 1. The van der Waals surface area contributed by atoms with Gasteiger partial charge in [-0.25, -0.2) is 0 Å². The fourth-order valence-electron chi connectivity index (χ4n) is 3.41. The minimum Gasteiger partial charge on any atom is -0.493 e. The lowest BCUT2D eigenvalue weighted by atomic mass is 10.2. The minimum atomic E-state index is 0.0479.